The Hall–Kier alpha value is -0.740. The van der Waals surface area contributed by atoms with Crippen LogP contribution in [0.15, 0.2) is 24.3 Å². The van der Waals surface area contributed by atoms with Crippen LogP contribution in [0.5, 0.6) is 11.5 Å². The summed E-state index contributed by atoms with van der Waals surface area (Å²) in [5.41, 5.74) is 0.239. The van der Waals surface area contributed by atoms with Crippen LogP contribution in [0, 0.1) is 11.3 Å². The lowest BCUT2D eigenvalue weighted by Crippen LogP contribution is -2.36. The Balaban J connectivity index is 1.60. The van der Waals surface area contributed by atoms with Gasteiger partial charge >= 0.3 is 0 Å². The number of benzene rings is 1. The van der Waals surface area contributed by atoms with Crippen LogP contribution < -0.4 is 9.47 Å². The highest BCUT2D eigenvalue weighted by Crippen LogP contribution is 2.50. The van der Waals surface area contributed by atoms with Crippen molar-refractivity contribution in [2.45, 2.75) is 31.8 Å². The number of hydrogen-bond acceptors (Lipinski definition) is 3. The molecule has 1 aromatic rings. The number of rotatable bonds is 7. The first-order valence-corrected chi connectivity index (χ1v) is 8.84. The summed E-state index contributed by atoms with van der Waals surface area (Å²) in [6, 6.07) is 7.83. The van der Waals surface area contributed by atoms with Crippen LogP contribution >= 0.6 is 15.9 Å². The SMILES string of the molecule is COc1ccccc1OCCC1(CBr)CCOC1C1CC1. The standard InChI is InChI=1S/C17H23BrO3/c1-19-14-4-2-3-5-15(14)20-10-8-17(12-18)9-11-21-16(17)13-6-7-13/h2-5,13,16H,6-12H2,1H3. The van der Waals surface area contributed by atoms with E-state index in [9.17, 15) is 0 Å². The van der Waals surface area contributed by atoms with E-state index in [1.807, 2.05) is 24.3 Å². The van der Waals surface area contributed by atoms with Gasteiger partial charge in [-0.1, -0.05) is 28.1 Å². The largest absolute Gasteiger partial charge is 0.493 e. The van der Waals surface area contributed by atoms with Crippen molar-refractivity contribution in [3.63, 3.8) is 0 Å². The third-order valence-electron chi connectivity index (χ3n) is 4.74. The van der Waals surface area contributed by atoms with Gasteiger partial charge in [0, 0.05) is 17.4 Å². The van der Waals surface area contributed by atoms with E-state index in [2.05, 4.69) is 15.9 Å². The zero-order valence-electron chi connectivity index (χ0n) is 12.5. The van der Waals surface area contributed by atoms with Crippen LogP contribution in [0.25, 0.3) is 0 Å². The lowest BCUT2D eigenvalue weighted by Gasteiger charge is -2.32. The molecule has 0 spiro atoms. The Morgan fingerprint density at radius 3 is 2.71 bits per heavy atom. The summed E-state index contributed by atoms with van der Waals surface area (Å²) in [6.45, 7) is 1.60. The minimum atomic E-state index is 0.239. The molecule has 0 radical (unpaired) electrons. The van der Waals surface area contributed by atoms with E-state index in [1.54, 1.807) is 7.11 Å². The highest BCUT2D eigenvalue weighted by atomic mass is 79.9. The van der Waals surface area contributed by atoms with E-state index >= 15 is 0 Å². The molecule has 116 valence electrons. The second-order valence-electron chi connectivity index (χ2n) is 6.12. The Bertz CT molecular complexity index is 475. The van der Waals surface area contributed by atoms with Crippen molar-refractivity contribution in [3.05, 3.63) is 24.3 Å². The van der Waals surface area contributed by atoms with E-state index in [1.165, 1.54) is 12.8 Å². The Kier molecular flexibility index (Phi) is 4.75. The molecule has 1 saturated heterocycles. The monoisotopic (exact) mass is 354 g/mol. The van der Waals surface area contributed by atoms with Crippen molar-refractivity contribution < 1.29 is 14.2 Å². The molecular formula is C17H23BrO3. The lowest BCUT2D eigenvalue weighted by atomic mass is 9.78. The minimum Gasteiger partial charge on any atom is -0.493 e. The van der Waals surface area contributed by atoms with Gasteiger partial charge in [0.15, 0.2) is 11.5 Å². The van der Waals surface area contributed by atoms with Gasteiger partial charge in [-0.3, -0.25) is 0 Å². The molecule has 1 aliphatic heterocycles. The molecule has 0 amide bonds. The van der Waals surface area contributed by atoms with Gasteiger partial charge < -0.3 is 14.2 Å². The van der Waals surface area contributed by atoms with E-state index < -0.39 is 0 Å². The van der Waals surface area contributed by atoms with E-state index in [0.717, 1.165) is 42.2 Å². The average molecular weight is 355 g/mol. The molecule has 3 rings (SSSR count). The van der Waals surface area contributed by atoms with E-state index in [4.69, 9.17) is 14.2 Å². The van der Waals surface area contributed by atoms with Gasteiger partial charge in [-0.25, -0.2) is 0 Å². The van der Waals surface area contributed by atoms with Crippen LogP contribution in [-0.4, -0.2) is 31.8 Å². The summed E-state index contributed by atoms with van der Waals surface area (Å²) in [5.74, 6) is 2.40. The first-order valence-electron chi connectivity index (χ1n) is 7.72. The quantitative estimate of drug-likeness (QED) is 0.691. The summed E-state index contributed by atoms with van der Waals surface area (Å²) < 4.78 is 17.3. The maximum Gasteiger partial charge on any atom is 0.161 e. The molecule has 0 aromatic heterocycles. The van der Waals surface area contributed by atoms with Crippen molar-refractivity contribution in [2.75, 3.05) is 25.7 Å². The number of halogens is 1. The lowest BCUT2D eigenvalue weighted by molar-refractivity contribution is 0.0317. The fraction of sp³-hybridized carbons (Fsp3) is 0.647. The van der Waals surface area contributed by atoms with Crippen LogP contribution in [-0.2, 0) is 4.74 Å². The molecule has 0 N–H and O–H groups in total. The molecule has 1 aromatic carbocycles. The van der Waals surface area contributed by atoms with Crippen molar-refractivity contribution in [1.29, 1.82) is 0 Å². The predicted octanol–water partition coefficient (Wildman–Crippen LogP) is 4.04. The maximum atomic E-state index is 6.02. The molecule has 1 saturated carbocycles. The normalized spacial score (nSPS) is 28.6. The first kappa shape index (κ1) is 15.2. The smallest absolute Gasteiger partial charge is 0.161 e. The molecule has 2 aliphatic rings. The predicted molar refractivity (Wildman–Crippen MR) is 86.4 cm³/mol. The van der Waals surface area contributed by atoms with E-state index in [-0.39, 0.29) is 5.41 Å². The van der Waals surface area contributed by atoms with Crippen molar-refractivity contribution in [1.82, 2.24) is 0 Å². The molecule has 0 bridgehead atoms. The van der Waals surface area contributed by atoms with Gasteiger partial charge in [0.25, 0.3) is 0 Å². The molecule has 2 atom stereocenters. The number of para-hydroxylation sites is 2. The number of alkyl halides is 1. The Morgan fingerprint density at radius 2 is 2.05 bits per heavy atom. The molecule has 2 fully saturated rings. The van der Waals surface area contributed by atoms with Crippen LogP contribution in [0.2, 0.25) is 0 Å². The summed E-state index contributed by atoms with van der Waals surface area (Å²) in [7, 11) is 1.68. The maximum absolute atomic E-state index is 6.02. The second kappa shape index (κ2) is 6.57. The van der Waals surface area contributed by atoms with Gasteiger partial charge in [0.2, 0.25) is 0 Å². The number of ether oxygens (including phenoxy) is 3. The summed E-state index contributed by atoms with van der Waals surface area (Å²) in [4.78, 5) is 0. The molecule has 1 heterocycles. The zero-order chi connectivity index (χ0) is 14.7. The summed E-state index contributed by atoms with van der Waals surface area (Å²) in [6.07, 6.45) is 5.23. The second-order valence-corrected chi connectivity index (χ2v) is 6.68. The number of methoxy groups -OCH3 is 1. The molecule has 3 nitrogen and oxygen atoms in total. The topological polar surface area (TPSA) is 27.7 Å². The molecule has 4 heteroatoms. The molecule has 2 unspecified atom stereocenters. The Morgan fingerprint density at radius 1 is 1.29 bits per heavy atom. The summed E-state index contributed by atoms with van der Waals surface area (Å²) >= 11 is 3.72. The van der Waals surface area contributed by atoms with Gasteiger partial charge in [0.1, 0.15) is 0 Å². The van der Waals surface area contributed by atoms with Gasteiger partial charge in [-0.2, -0.15) is 0 Å². The third kappa shape index (κ3) is 3.21. The summed E-state index contributed by atoms with van der Waals surface area (Å²) in [5, 5.41) is 0.996. The average Bonchev–Trinajstić information content (AvgIpc) is 3.28. The van der Waals surface area contributed by atoms with Gasteiger partial charge in [-0.15, -0.1) is 0 Å². The highest BCUT2D eigenvalue weighted by molar-refractivity contribution is 9.09. The molecular weight excluding hydrogens is 332 g/mol. The van der Waals surface area contributed by atoms with Gasteiger partial charge in [-0.05, 0) is 43.7 Å². The Labute approximate surface area is 135 Å². The molecule has 21 heavy (non-hydrogen) atoms. The third-order valence-corrected chi connectivity index (χ3v) is 5.86. The van der Waals surface area contributed by atoms with Crippen molar-refractivity contribution in [2.24, 2.45) is 11.3 Å². The van der Waals surface area contributed by atoms with Crippen LogP contribution in [0.3, 0.4) is 0 Å². The van der Waals surface area contributed by atoms with E-state index in [0.29, 0.717) is 12.7 Å². The van der Waals surface area contributed by atoms with Crippen LogP contribution in [0.4, 0.5) is 0 Å². The fourth-order valence-corrected chi connectivity index (χ4v) is 4.20. The van der Waals surface area contributed by atoms with Gasteiger partial charge in [0.05, 0.1) is 19.8 Å². The minimum absolute atomic E-state index is 0.239. The fourth-order valence-electron chi connectivity index (χ4n) is 3.32. The zero-order valence-corrected chi connectivity index (χ0v) is 14.1. The van der Waals surface area contributed by atoms with Crippen molar-refractivity contribution in [3.8, 4) is 11.5 Å². The first-order chi connectivity index (χ1) is 10.3. The van der Waals surface area contributed by atoms with Crippen molar-refractivity contribution >= 4 is 15.9 Å². The molecule has 1 aliphatic carbocycles. The highest BCUT2D eigenvalue weighted by Gasteiger charge is 2.50. The number of hydrogen-bond donors (Lipinski definition) is 0. The van der Waals surface area contributed by atoms with Crippen LogP contribution in [0.1, 0.15) is 25.7 Å².